The average Bonchev–Trinajstić information content (AvgIpc) is 2.79. The van der Waals surface area contributed by atoms with Crippen molar-refractivity contribution in [3.8, 4) is 5.75 Å². The zero-order valence-electron chi connectivity index (χ0n) is 12.1. The Kier molecular flexibility index (Phi) is 4.45. The zero-order valence-corrected chi connectivity index (χ0v) is 12.1. The molecule has 2 aromatic rings. The van der Waals surface area contributed by atoms with E-state index in [2.05, 4.69) is 5.32 Å². The summed E-state index contributed by atoms with van der Waals surface area (Å²) in [4.78, 5) is 12.1. The molecule has 0 aliphatic rings. The number of nitrogens with one attached hydrogen (secondary N) is 1. The summed E-state index contributed by atoms with van der Waals surface area (Å²) in [6.07, 6.45) is 0.749. The Morgan fingerprint density at radius 1 is 1.25 bits per heavy atom. The SMILES string of the molecule is COc1ccccc1CCNC(=O)c1ccc(C)n1C. The van der Waals surface area contributed by atoms with Gasteiger partial charge in [0.05, 0.1) is 7.11 Å². The van der Waals surface area contributed by atoms with Crippen LogP contribution in [-0.4, -0.2) is 24.1 Å². The molecule has 2 rings (SSSR count). The first kappa shape index (κ1) is 14.2. The summed E-state index contributed by atoms with van der Waals surface area (Å²) in [5.74, 6) is 0.812. The molecule has 1 aromatic carbocycles. The van der Waals surface area contributed by atoms with Gasteiger partial charge in [0, 0.05) is 19.3 Å². The molecule has 0 atom stereocenters. The number of benzene rings is 1. The molecule has 20 heavy (non-hydrogen) atoms. The van der Waals surface area contributed by atoms with E-state index in [0.717, 1.165) is 23.4 Å². The van der Waals surface area contributed by atoms with Crippen molar-refractivity contribution in [1.29, 1.82) is 0 Å². The van der Waals surface area contributed by atoms with Crippen LogP contribution in [-0.2, 0) is 13.5 Å². The Morgan fingerprint density at radius 3 is 2.65 bits per heavy atom. The molecule has 1 amide bonds. The number of aromatic nitrogens is 1. The Bertz CT molecular complexity index is 602. The Morgan fingerprint density at radius 2 is 2.00 bits per heavy atom. The van der Waals surface area contributed by atoms with Crippen LogP contribution in [0.5, 0.6) is 5.75 Å². The number of carbonyl (C=O) groups excluding carboxylic acids is 1. The van der Waals surface area contributed by atoms with Gasteiger partial charge in [0.15, 0.2) is 0 Å². The summed E-state index contributed by atoms with van der Waals surface area (Å²) in [6, 6.07) is 11.6. The molecule has 0 saturated carbocycles. The highest BCUT2D eigenvalue weighted by Crippen LogP contribution is 2.17. The number of aryl methyl sites for hydroxylation is 1. The molecule has 0 aliphatic carbocycles. The summed E-state index contributed by atoms with van der Waals surface area (Å²) in [6.45, 7) is 2.56. The number of carbonyl (C=O) groups is 1. The second kappa shape index (κ2) is 6.28. The van der Waals surface area contributed by atoms with Gasteiger partial charge < -0.3 is 14.6 Å². The molecule has 0 spiro atoms. The normalized spacial score (nSPS) is 10.3. The van der Waals surface area contributed by atoms with Crippen molar-refractivity contribution in [2.45, 2.75) is 13.3 Å². The number of amides is 1. The highest BCUT2D eigenvalue weighted by atomic mass is 16.5. The van der Waals surface area contributed by atoms with Crippen LogP contribution in [0.15, 0.2) is 36.4 Å². The fraction of sp³-hybridized carbons (Fsp3) is 0.312. The van der Waals surface area contributed by atoms with E-state index in [1.807, 2.05) is 54.9 Å². The van der Waals surface area contributed by atoms with E-state index in [4.69, 9.17) is 4.74 Å². The predicted octanol–water partition coefficient (Wildman–Crippen LogP) is 2.31. The van der Waals surface area contributed by atoms with Crippen molar-refractivity contribution in [2.24, 2.45) is 7.05 Å². The van der Waals surface area contributed by atoms with Crippen molar-refractivity contribution in [3.63, 3.8) is 0 Å². The fourth-order valence-electron chi connectivity index (χ4n) is 2.15. The van der Waals surface area contributed by atoms with E-state index in [1.54, 1.807) is 7.11 Å². The summed E-state index contributed by atoms with van der Waals surface area (Å²) < 4.78 is 7.18. The summed E-state index contributed by atoms with van der Waals surface area (Å²) in [5.41, 5.74) is 2.85. The van der Waals surface area contributed by atoms with Crippen molar-refractivity contribution in [2.75, 3.05) is 13.7 Å². The Balaban J connectivity index is 1.93. The van der Waals surface area contributed by atoms with Crippen LogP contribution in [0.4, 0.5) is 0 Å². The number of rotatable bonds is 5. The predicted molar refractivity (Wildman–Crippen MR) is 79.2 cm³/mol. The van der Waals surface area contributed by atoms with Gasteiger partial charge >= 0.3 is 0 Å². The first-order valence-electron chi connectivity index (χ1n) is 6.66. The molecule has 106 valence electrons. The molecule has 1 N–H and O–H groups in total. The number of methoxy groups -OCH3 is 1. The van der Waals surface area contributed by atoms with Gasteiger partial charge in [-0.15, -0.1) is 0 Å². The van der Waals surface area contributed by atoms with Crippen LogP contribution in [0.3, 0.4) is 0 Å². The maximum Gasteiger partial charge on any atom is 0.267 e. The van der Waals surface area contributed by atoms with Gasteiger partial charge in [0.25, 0.3) is 5.91 Å². The molecule has 0 aliphatic heterocycles. The molecule has 1 aromatic heterocycles. The number of hydrogen-bond donors (Lipinski definition) is 1. The van der Waals surface area contributed by atoms with Gasteiger partial charge in [-0.05, 0) is 37.1 Å². The molecule has 0 fully saturated rings. The lowest BCUT2D eigenvalue weighted by molar-refractivity contribution is 0.0945. The lowest BCUT2D eigenvalue weighted by Crippen LogP contribution is -2.27. The van der Waals surface area contributed by atoms with Crippen LogP contribution in [0.1, 0.15) is 21.7 Å². The van der Waals surface area contributed by atoms with Crippen LogP contribution in [0, 0.1) is 6.92 Å². The first-order chi connectivity index (χ1) is 9.63. The lowest BCUT2D eigenvalue weighted by atomic mass is 10.1. The highest BCUT2D eigenvalue weighted by Gasteiger charge is 2.10. The van der Waals surface area contributed by atoms with Gasteiger partial charge in [-0.1, -0.05) is 18.2 Å². The lowest BCUT2D eigenvalue weighted by Gasteiger charge is -2.09. The van der Waals surface area contributed by atoms with E-state index in [-0.39, 0.29) is 5.91 Å². The molecule has 4 nitrogen and oxygen atoms in total. The third-order valence-electron chi connectivity index (χ3n) is 3.48. The van der Waals surface area contributed by atoms with E-state index in [0.29, 0.717) is 12.2 Å². The minimum atomic E-state index is -0.0458. The quantitative estimate of drug-likeness (QED) is 0.907. The molecule has 0 saturated heterocycles. The van der Waals surface area contributed by atoms with E-state index >= 15 is 0 Å². The van der Waals surface area contributed by atoms with Gasteiger partial charge in [0.1, 0.15) is 11.4 Å². The molecule has 0 unspecified atom stereocenters. The number of nitrogens with zero attached hydrogens (tertiary/aromatic N) is 1. The third-order valence-corrected chi connectivity index (χ3v) is 3.48. The van der Waals surface area contributed by atoms with Crippen molar-refractivity contribution < 1.29 is 9.53 Å². The Labute approximate surface area is 119 Å². The molecule has 4 heteroatoms. The van der Waals surface area contributed by atoms with Crippen molar-refractivity contribution >= 4 is 5.91 Å². The largest absolute Gasteiger partial charge is 0.496 e. The third kappa shape index (κ3) is 3.02. The standard InChI is InChI=1S/C16H20N2O2/c1-12-8-9-14(18(12)2)16(19)17-11-10-13-6-4-5-7-15(13)20-3/h4-9H,10-11H2,1-3H3,(H,17,19). The topological polar surface area (TPSA) is 43.3 Å². The molecule has 0 radical (unpaired) electrons. The average molecular weight is 272 g/mol. The Hall–Kier alpha value is -2.23. The van der Waals surface area contributed by atoms with E-state index in [9.17, 15) is 4.79 Å². The van der Waals surface area contributed by atoms with Gasteiger partial charge in [-0.25, -0.2) is 0 Å². The van der Waals surface area contributed by atoms with Crippen molar-refractivity contribution in [1.82, 2.24) is 9.88 Å². The second-order valence-electron chi connectivity index (χ2n) is 4.74. The minimum absolute atomic E-state index is 0.0458. The van der Waals surface area contributed by atoms with Crippen LogP contribution in [0.25, 0.3) is 0 Å². The summed E-state index contributed by atoms with van der Waals surface area (Å²) >= 11 is 0. The van der Waals surface area contributed by atoms with Crippen LogP contribution < -0.4 is 10.1 Å². The van der Waals surface area contributed by atoms with Gasteiger partial charge in [0.2, 0.25) is 0 Å². The molecule has 1 heterocycles. The van der Waals surface area contributed by atoms with E-state index in [1.165, 1.54) is 0 Å². The van der Waals surface area contributed by atoms with Crippen molar-refractivity contribution in [3.05, 3.63) is 53.3 Å². The maximum absolute atomic E-state index is 12.1. The maximum atomic E-state index is 12.1. The first-order valence-corrected chi connectivity index (χ1v) is 6.66. The van der Waals surface area contributed by atoms with E-state index < -0.39 is 0 Å². The highest BCUT2D eigenvalue weighted by molar-refractivity contribution is 5.92. The number of hydrogen-bond acceptors (Lipinski definition) is 2. The second-order valence-corrected chi connectivity index (χ2v) is 4.74. The van der Waals surface area contributed by atoms with Gasteiger partial charge in [-0.3, -0.25) is 4.79 Å². The van der Waals surface area contributed by atoms with Gasteiger partial charge in [-0.2, -0.15) is 0 Å². The molecular formula is C16H20N2O2. The number of para-hydroxylation sites is 1. The zero-order chi connectivity index (χ0) is 14.5. The van der Waals surface area contributed by atoms with Crippen LogP contribution in [0.2, 0.25) is 0 Å². The summed E-state index contributed by atoms with van der Waals surface area (Å²) in [5, 5.41) is 2.94. The number of ether oxygens (including phenoxy) is 1. The molecule has 0 bridgehead atoms. The summed E-state index contributed by atoms with van der Waals surface area (Å²) in [7, 11) is 3.55. The fourth-order valence-corrected chi connectivity index (χ4v) is 2.15. The monoisotopic (exact) mass is 272 g/mol. The minimum Gasteiger partial charge on any atom is -0.496 e. The molecular weight excluding hydrogens is 252 g/mol. The van der Waals surface area contributed by atoms with Crippen LogP contribution >= 0.6 is 0 Å². The smallest absolute Gasteiger partial charge is 0.267 e.